The zero-order valence-corrected chi connectivity index (χ0v) is 7.94. The average molecular weight is 167 g/mol. The Hall–Kier alpha value is -0.790. The van der Waals surface area contributed by atoms with Crippen LogP contribution in [0.2, 0.25) is 0 Å². The molecule has 12 heavy (non-hydrogen) atoms. The van der Waals surface area contributed by atoms with Gasteiger partial charge in [-0.25, -0.2) is 0 Å². The standard InChI is InChI=1S/C10H17NO/c1-8(2)7-10(3)5-4-6-11-9(10)12/h1,4-7H2,2-3H3,(H,11,12)/t10-/m0/s1. The van der Waals surface area contributed by atoms with Crippen molar-refractivity contribution >= 4 is 5.91 Å². The van der Waals surface area contributed by atoms with Crippen molar-refractivity contribution in [2.24, 2.45) is 5.41 Å². The lowest BCUT2D eigenvalue weighted by atomic mass is 9.77. The summed E-state index contributed by atoms with van der Waals surface area (Å²) >= 11 is 0. The number of hydrogen-bond acceptors (Lipinski definition) is 1. The van der Waals surface area contributed by atoms with E-state index in [0.717, 1.165) is 31.4 Å². The molecule has 1 aliphatic heterocycles. The van der Waals surface area contributed by atoms with E-state index in [1.807, 2.05) is 13.8 Å². The number of carbonyl (C=O) groups is 1. The van der Waals surface area contributed by atoms with Gasteiger partial charge in [-0.3, -0.25) is 4.79 Å². The fraction of sp³-hybridized carbons (Fsp3) is 0.700. The van der Waals surface area contributed by atoms with E-state index < -0.39 is 0 Å². The number of nitrogens with one attached hydrogen (secondary N) is 1. The number of carbonyl (C=O) groups excluding carboxylic acids is 1. The Morgan fingerprint density at radius 1 is 1.75 bits per heavy atom. The molecular formula is C10H17NO. The summed E-state index contributed by atoms with van der Waals surface area (Å²) in [4.78, 5) is 11.5. The highest BCUT2D eigenvalue weighted by molar-refractivity contribution is 5.83. The van der Waals surface area contributed by atoms with Gasteiger partial charge in [0.05, 0.1) is 5.41 Å². The van der Waals surface area contributed by atoms with E-state index in [1.54, 1.807) is 0 Å². The lowest BCUT2D eigenvalue weighted by Crippen LogP contribution is -2.44. The number of hydrogen-bond donors (Lipinski definition) is 1. The van der Waals surface area contributed by atoms with Crippen LogP contribution in [0, 0.1) is 5.41 Å². The molecule has 0 aromatic rings. The second kappa shape index (κ2) is 3.30. The van der Waals surface area contributed by atoms with E-state index in [0.29, 0.717) is 0 Å². The zero-order valence-electron chi connectivity index (χ0n) is 7.94. The first kappa shape index (κ1) is 9.30. The normalized spacial score (nSPS) is 29.7. The van der Waals surface area contributed by atoms with Crippen LogP contribution in [0.4, 0.5) is 0 Å². The van der Waals surface area contributed by atoms with Crippen LogP contribution >= 0.6 is 0 Å². The van der Waals surface area contributed by atoms with Crippen molar-refractivity contribution in [3.63, 3.8) is 0 Å². The van der Waals surface area contributed by atoms with Crippen LogP contribution in [-0.4, -0.2) is 12.5 Å². The Kier molecular flexibility index (Phi) is 2.55. The minimum atomic E-state index is -0.190. The van der Waals surface area contributed by atoms with Crippen LogP contribution in [0.1, 0.15) is 33.1 Å². The molecule has 1 aliphatic rings. The highest BCUT2D eigenvalue weighted by Gasteiger charge is 2.34. The molecule has 0 aromatic carbocycles. The molecular weight excluding hydrogens is 150 g/mol. The summed E-state index contributed by atoms with van der Waals surface area (Å²) < 4.78 is 0. The quantitative estimate of drug-likeness (QED) is 0.625. The van der Waals surface area contributed by atoms with Gasteiger partial charge in [-0.05, 0) is 26.2 Å². The topological polar surface area (TPSA) is 29.1 Å². The van der Waals surface area contributed by atoms with Crippen LogP contribution < -0.4 is 5.32 Å². The average Bonchev–Trinajstić information content (AvgIpc) is 1.94. The Labute approximate surface area is 74.0 Å². The smallest absolute Gasteiger partial charge is 0.226 e. The molecule has 1 atom stereocenters. The molecule has 2 heteroatoms. The molecule has 0 saturated carbocycles. The van der Waals surface area contributed by atoms with Crippen molar-refractivity contribution < 1.29 is 4.79 Å². The number of allylic oxidation sites excluding steroid dienone is 1. The maximum Gasteiger partial charge on any atom is 0.226 e. The first-order valence-corrected chi connectivity index (χ1v) is 4.47. The Balaban J connectivity index is 2.66. The first-order chi connectivity index (χ1) is 5.54. The van der Waals surface area contributed by atoms with Crippen LogP contribution in [0.25, 0.3) is 0 Å². The third-order valence-corrected chi connectivity index (χ3v) is 2.43. The fourth-order valence-corrected chi connectivity index (χ4v) is 1.84. The summed E-state index contributed by atoms with van der Waals surface area (Å²) in [5.41, 5.74) is 0.902. The van der Waals surface area contributed by atoms with Gasteiger partial charge in [-0.15, -0.1) is 6.58 Å². The summed E-state index contributed by atoms with van der Waals surface area (Å²) in [6.07, 6.45) is 2.90. The Morgan fingerprint density at radius 3 is 2.92 bits per heavy atom. The van der Waals surface area contributed by atoms with Crippen molar-refractivity contribution in [3.05, 3.63) is 12.2 Å². The maximum atomic E-state index is 11.5. The molecule has 1 rings (SSSR count). The van der Waals surface area contributed by atoms with Gasteiger partial charge >= 0.3 is 0 Å². The van der Waals surface area contributed by atoms with E-state index >= 15 is 0 Å². The highest BCUT2D eigenvalue weighted by atomic mass is 16.2. The molecule has 68 valence electrons. The lowest BCUT2D eigenvalue weighted by Gasteiger charge is -2.32. The second-order valence-electron chi connectivity index (χ2n) is 4.05. The molecule has 1 heterocycles. The fourth-order valence-electron chi connectivity index (χ4n) is 1.84. The van der Waals surface area contributed by atoms with E-state index in [1.165, 1.54) is 0 Å². The maximum absolute atomic E-state index is 11.5. The van der Waals surface area contributed by atoms with Crippen molar-refractivity contribution in [3.8, 4) is 0 Å². The first-order valence-electron chi connectivity index (χ1n) is 4.47. The lowest BCUT2D eigenvalue weighted by molar-refractivity contribution is -0.132. The van der Waals surface area contributed by atoms with E-state index in [2.05, 4.69) is 11.9 Å². The van der Waals surface area contributed by atoms with Crippen LogP contribution in [0.3, 0.4) is 0 Å². The summed E-state index contributed by atoms with van der Waals surface area (Å²) in [6, 6.07) is 0. The number of piperidine rings is 1. The minimum Gasteiger partial charge on any atom is -0.356 e. The van der Waals surface area contributed by atoms with Gasteiger partial charge in [-0.1, -0.05) is 12.5 Å². The molecule has 1 fully saturated rings. The van der Waals surface area contributed by atoms with Crippen LogP contribution in [0.5, 0.6) is 0 Å². The van der Waals surface area contributed by atoms with Crippen LogP contribution in [0.15, 0.2) is 12.2 Å². The third-order valence-electron chi connectivity index (χ3n) is 2.43. The van der Waals surface area contributed by atoms with Gasteiger partial charge < -0.3 is 5.32 Å². The predicted molar refractivity (Wildman–Crippen MR) is 49.8 cm³/mol. The van der Waals surface area contributed by atoms with Crippen molar-refractivity contribution in [1.29, 1.82) is 0 Å². The summed E-state index contributed by atoms with van der Waals surface area (Å²) in [7, 11) is 0. The van der Waals surface area contributed by atoms with E-state index in [4.69, 9.17) is 0 Å². The molecule has 1 saturated heterocycles. The van der Waals surface area contributed by atoms with Gasteiger partial charge in [0, 0.05) is 6.54 Å². The largest absolute Gasteiger partial charge is 0.356 e. The summed E-state index contributed by atoms with van der Waals surface area (Å²) in [5.74, 6) is 0.191. The molecule has 0 unspecified atom stereocenters. The van der Waals surface area contributed by atoms with Gasteiger partial charge in [0.2, 0.25) is 5.91 Å². The molecule has 0 spiro atoms. The van der Waals surface area contributed by atoms with Gasteiger partial charge in [-0.2, -0.15) is 0 Å². The van der Waals surface area contributed by atoms with Gasteiger partial charge in [0.25, 0.3) is 0 Å². The zero-order chi connectivity index (χ0) is 9.19. The molecule has 0 bridgehead atoms. The monoisotopic (exact) mass is 167 g/mol. The van der Waals surface area contributed by atoms with Crippen molar-refractivity contribution in [1.82, 2.24) is 5.32 Å². The van der Waals surface area contributed by atoms with E-state index in [9.17, 15) is 4.79 Å². The number of amides is 1. The molecule has 0 aromatic heterocycles. The number of rotatable bonds is 2. The molecule has 2 nitrogen and oxygen atoms in total. The molecule has 1 N–H and O–H groups in total. The molecule has 0 aliphatic carbocycles. The van der Waals surface area contributed by atoms with Crippen molar-refractivity contribution in [2.45, 2.75) is 33.1 Å². The summed E-state index contributed by atoms with van der Waals surface area (Å²) in [5, 5.41) is 2.90. The van der Waals surface area contributed by atoms with E-state index in [-0.39, 0.29) is 11.3 Å². The molecule has 0 radical (unpaired) electrons. The second-order valence-corrected chi connectivity index (χ2v) is 4.05. The highest BCUT2D eigenvalue weighted by Crippen LogP contribution is 2.32. The Bertz CT molecular complexity index is 210. The minimum absolute atomic E-state index is 0.190. The van der Waals surface area contributed by atoms with Gasteiger partial charge in [0.15, 0.2) is 0 Å². The molecule has 1 amide bonds. The SMILES string of the molecule is C=C(C)C[C@]1(C)CCCNC1=O. The van der Waals surface area contributed by atoms with Gasteiger partial charge in [0.1, 0.15) is 0 Å². The van der Waals surface area contributed by atoms with Crippen LogP contribution in [-0.2, 0) is 4.79 Å². The predicted octanol–water partition coefficient (Wildman–Crippen LogP) is 1.87. The third kappa shape index (κ3) is 1.87. The van der Waals surface area contributed by atoms with Crippen molar-refractivity contribution in [2.75, 3.05) is 6.54 Å². The Morgan fingerprint density at radius 2 is 2.42 bits per heavy atom. The summed E-state index contributed by atoms with van der Waals surface area (Å²) in [6.45, 7) is 8.69.